The first-order valence-electron chi connectivity index (χ1n) is 7.28. The van der Waals surface area contributed by atoms with E-state index in [1.807, 2.05) is 6.07 Å². The molecule has 1 saturated heterocycles. The van der Waals surface area contributed by atoms with Crippen LogP contribution >= 0.6 is 0 Å². The van der Waals surface area contributed by atoms with E-state index in [0.29, 0.717) is 6.04 Å². The highest BCUT2D eigenvalue weighted by Crippen LogP contribution is 2.35. The number of benzene rings is 1. The van der Waals surface area contributed by atoms with E-state index < -0.39 is 0 Å². The molecule has 0 unspecified atom stereocenters. The summed E-state index contributed by atoms with van der Waals surface area (Å²) in [5.41, 5.74) is 2.41. The predicted molar refractivity (Wildman–Crippen MR) is 77.3 cm³/mol. The molecule has 105 valence electrons. The second-order valence-electron chi connectivity index (χ2n) is 5.61. The van der Waals surface area contributed by atoms with Crippen molar-refractivity contribution < 1.29 is 9.47 Å². The second kappa shape index (κ2) is 4.79. The molecule has 2 aliphatic rings. The Labute approximate surface area is 118 Å². The fraction of sp³-hybridized carbons (Fsp3) is 0.500. The van der Waals surface area contributed by atoms with Crippen LogP contribution < -0.4 is 4.74 Å². The summed E-state index contributed by atoms with van der Waals surface area (Å²) in [4.78, 5) is 2.47. The van der Waals surface area contributed by atoms with Crippen LogP contribution in [-0.2, 0) is 4.74 Å². The van der Waals surface area contributed by atoms with Gasteiger partial charge in [-0.15, -0.1) is 0 Å². The van der Waals surface area contributed by atoms with Crippen molar-refractivity contribution in [3.05, 3.63) is 30.0 Å². The van der Waals surface area contributed by atoms with Gasteiger partial charge in [0, 0.05) is 36.8 Å². The first-order chi connectivity index (χ1) is 9.83. The lowest BCUT2D eigenvalue weighted by Gasteiger charge is -2.34. The maximum atomic E-state index is 5.96. The molecule has 0 bridgehead atoms. The lowest BCUT2D eigenvalue weighted by Crippen LogP contribution is -2.42. The van der Waals surface area contributed by atoms with Gasteiger partial charge in [0.15, 0.2) is 0 Å². The van der Waals surface area contributed by atoms with Crippen molar-refractivity contribution >= 4 is 10.9 Å². The van der Waals surface area contributed by atoms with E-state index in [4.69, 9.17) is 9.47 Å². The predicted octanol–water partition coefficient (Wildman–Crippen LogP) is 2.02. The number of rotatable bonds is 2. The first-order valence-corrected chi connectivity index (χ1v) is 7.28. The number of aryl methyl sites for hydroxylation is 1. The van der Waals surface area contributed by atoms with Crippen LogP contribution in [0.2, 0.25) is 0 Å². The van der Waals surface area contributed by atoms with E-state index in [1.165, 1.54) is 11.2 Å². The van der Waals surface area contributed by atoms with E-state index in [1.54, 1.807) is 0 Å². The number of aromatic nitrogens is 1. The van der Waals surface area contributed by atoms with Crippen LogP contribution in [0.25, 0.3) is 10.9 Å². The van der Waals surface area contributed by atoms with Crippen molar-refractivity contribution in [3.8, 4) is 5.75 Å². The molecule has 2 aliphatic heterocycles. The fourth-order valence-electron chi connectivity index (χ4n) is 3.34. The quantitative estimate of drug-likeness (QED) is 0.836. The summed E-state index contributed by atoms with van der Waals surface area (Å²) in [6.45, 7) is 7.63. The van der Waals surface area contributed by atoms with Crippen LogP contribution in [-0.4, -0.2) is 48.9 Å². The van der Waals surface area contributed by atoms with Gasteiger partial charge in [-0.05, 0) is 13.0 Å². The van der Waals surface area contributed by atoms with Gasteiger partial charge in [0.2, 0.25) is 0 Å². The topological polar surface area (TPSA) is 26.6 Å². The van der Waals surface area contributed by atoms with Crippen LogP contribution in [0.3, 0.4) is 0 Å². The maximum Gasteiger partial charge on any atom is 0.143 e. The monoisotopic (exact) mass is 271 g/mol. The normalized spacial score (nSPS) is 22.9. The SMILES string of the molecule is Cc1[c]c2cccc3c2n1[C@H](CN1CCOCC1)CO3. The van der Waals surface area contributed by atoms with Gasteiger partial charge < -0.3 is 14.0 Å². The zero-order chi connectivity index (χ0) is 13.5. The molecule has 0 aliphatic carbocycles. The molecule has 20 heavy (non-hydrogen) atoms. The van der Waals surface area contributed by atoms with Crippen LogP contribution in [0.5, 0.6) is 5.75 Å². The Morgan fingerprint density at radius 1 is 1.30 bits per heavy atom. The third kappa shape index (κ3) is 1.91. The van der Waals surface area contributed by atoms with Crippen LogP contribution in [0.1, 0.15) is 11.7 Å². The van der Waals surface area contributed by atoms with Crippen molar-refractivity contribution in [2.45, 2.75) is 13.0 Å². The molecular weight excluding hydrogens is 252 g/mol. The summed E-state index contributed by atoms with van der Waals surface area (Å²) in [7, 11) is 0. The summed E-state index contributed by atoms with van der Waals surface area (Å²) >= 11 is 0. The third-order valence-electron chi connectivity index (χ3n) is 4.29. The Morgan fingerprint density at radius 2 is 2.15 bits per heavy atom. The van der Waals surface area contributed by atoms with Gasteiger partial charge in [-0.1, -0.05) is 12.1 Å². The number of nitrogens with zero attached hydrogens (tertiary/aromatic N) is 2. The molecule has 1 atom stereocenters. The first kappa shape index (κ1) is 12.2. The summed E-state index contributed by atoms with van der Waals surface area (Å²) in [5.74, 6) is 0.991. The molecule has 0 amide bonds. The molecule has 0 spiro atoms. The van der Waals surface area contributed by atoms with Crippen molar-refractivity contribution in [1.29, 1.82) is 0 Å². The standard InChI is InChI=1S/C16H19N2O2/c1-12-9-13-3-2-4-15-16(13)18(12)14(11-20-15)10-17-5-7-19-8-6-17/h2-4,14H,5-8,10-11H2,1H3/t14-/m1/s1. The molecule has 4 heteroatoms. The highest BCUT2D eigenvalue weighted by atomic mass is 16.5. The molecule has 1 fully saturated rings. The van der Waals surface area contributed by atoms with Gasteiger partial charge in [-0.25, -0.2) is 0 Å². The fourth-order valence-corrected chi connectivity index (χ4v) is 3.34. The zero-order valence-electron chi connectivity index (χ0n) is 11.8. The Bertz CT molecular complexity index is 629. The average molecular weight is 271 g/mol. The lowest BCUT2D eigenvalue weighted by molar-refractivity contribution is 0.0272. The highest BCUT2D eigenvalue weighted by molar-refractivity contribution is 5.87. The number of para-hydroxylation sites is 1. The van der Waals surface area contributed by atoms with E-state index >= 15 is 0 Å². The Hall–Kier alpha value is -1.52. The minimum atomic E-state index is 0.372. The molecule has 4 rings (SSSR count). The molecule has 0 N–H and O–H groups in total. The Balaban J connectivity index is 1.69. The van der Waals surface area contributed by atoms with Gasteiger partial charge in [-0.3, -0.25) is 4.90 Å². The summed E-state index contributed by atoms with van der Waals surface area (Å²) in [6.07, 6.45) is 0. The number of hydrogen-bond acceptors (Lipinski definition) is 3. The van der Waals surface area contributed by atoms with Gasteiger partial charge in [-0.2, -0.15) is 0 Å². The van der Waals surface area contributed by atoms with E-state index in [2.05, 4.69) is 34.6 Å². The zero-order valence-corrected chi connectivity index (χ0v) is 11.8. The van der Waals surface area contributed by atoms with Crippen LogP contribution in [0, 0.1) is 13.0 Å². The van der Waals surface area contributed by atoms with E-state index in [0.717, 1.165) is 50.6 Å². The number of hydrogen-bond donors (Lipinski definition) is 0. The minimum Gasteiger partial charge on any atom is -0.489 e. The summed E-state index contributed by atoms with van der Waals surface area (Å²) < 4.78 is 13.8. The lowest BCUT2D eigenvalue weighted by atomic mass is 10.2. The largest absolute Gasteiger partial charge is 0.489 e. The minimum absolute atomic E-state index is 0.372. The van der Waals surface area contributed by atoms with Gasteiger partial charge in [0.25, 0.3) is 0 Å². The Morgan fingerprint density at radius 3 is 3.00 bits per heavy atom. The van der Waals surface area contributed by atoms with E-state index in [9.17, 15) is 0 Å². The molecule has 0 saturated carbocycles. The second-order valence-corrected chi connectivity index (χ2v) is 5.61. The number of ether oxygens (including phenoxy) is 2. The van der Waals surface area contributed by atoms with Gasteiger partial charge in [0.1, 0.15) is 12.4 Å². The molecule has 2 aromatic rings. The van der Waals surface area contributed by atoms with E-state index in [-0.39, 0.29) is 0 Å². The number of morpholine rings is 1. The maximum absolute atomic E-state index is 5.96. The van der Waals surface area contributed by atoms with Crippen molar-refractivity contribution in [3.63, 3.8) is 0 Å². The van der Waals surface area contributed by atoms with Crippen LogP contribution in [0.4, 0.5) is 0 Å². The molecular formula is C16H19N2O2. The average Bonchev–Trinajstić information content (AvgIpc) is 2.82. The van der Waals surface area contributed by atoms with Crippen molar-refractivity contribution in [2.75, 3.05) is 39.5 Å². The molecule has 1 radical (unpaired) electrons. The third-order valence-corrected chi connectivity index (χ3v) is 4.29. The van der Waals surface area contributed by atoms with Crippen LogP contribution in [0.15, 0.2) is 18.2 Å². The van der Waals surface area contributed by atoms with Gasteiger partial charge in [0.05, 0.1) is 24.8 Å². The molecule has 1 aromatic carbocycles. The van der Waals surface area contributed by atoms with Gasteiger partial charge >= 0.3 is 0 Å². The van der Waals surface area contributed by atoms with Crippen molar-refractivity contribution in [1.82, 2.24) is 9.47 Å². The summed E-state index contributed by atoms with van der Waals surface area (Å²) in [6, 6.07) is 10.0. The molecule has 3 heterocycles. The summed E-state index contributed by atoms with van der Waals surface area (Å²) in [5, 5.41) is 1.16. The molecule has 4 nitrogen and oxygen atoms in total. The Kier molecular flexibility index (Phi) is 2.93. The molecule has 1 aromatic heterocycles. The highest BCUT2D eigenvalue weighted by Gasteiger charge is 2.26. The smallest absolute Gasteiger partial charge is 0.143 e. The van der Waals surface area contributed by atoms with Crippen molar-refractivity contribution in [2.24, 2.45) is 0 Å².